The zero-order valence-corrected chi connectivity index (χ0v) is 12.4. The van der Waals surface area contributed by atoms with Crippen molar-refractivity contribution in [1.29, 1.82) is 0 Å². The van der Waals surface area contributed by atoms with Crippen LogP contribution < -0.4 is 5.73 Å². The predicted molar refractivity (Wildman–Crippen MR) is 81.4 cm³/mol. The molecule has 4 heteroatoms. The first-order valence-corrected chi connectivity index (χ1v) is 6.87. The van der Waals surface area contributed by atoms with Crippen molar-refractivity contribution in [2.75, 3.05) is 0 Å². The Morgan fingerprint density at radius 1 is 1.39 bits per heavy atom. The fourth-order valence-electron chi connectivity index (χ4n) is 1.69. The van der Waals surface area contributed by atoms with Gasteiger partial charge in [0.2, 0.25) is 0 Å². The monoisotopic (exact) mass is 282 g/mol. The van der Waals surface area contributed by atoms with E-state index in [0.29, 0.717) is 12.5 Å². The van der Waals surface area contributed by atoms with E-state index < -0.39 is 0 Å². The number of benzene rings is 1. The molecule has 0 spiro atoms. The topological polar surface area (TPSA) is 38.9 Å². The van der Waals surface area contributed by atoms with Gasteiger partial charge in [-0.05, 0) is 24.0 Å². The maximum Gasteiger partial charge on any atom is 0.123 e. The molecule has 2 nitrogen and oxygen atoms in total. The fourth-order valence-corrected chi connectivity index (χ4v) is 2.62. The van der Waals surface area contributed by atoms with Crippen molar-refractivity contribution in [3.8, 4) is 10.6 Å². The van der Waals surface area contributed by atoms with Crippen LogP contribution in [0.2, 0.25) is 0 Å². The highest BCUT2D eigenvalue weighted by molar-refractivity contribution is 7.13. The summed E-state index contributed by atoms with van der Waals surface area (Å²) in [5.41, 5.74) is 9.18. The Labute approximate surface area is 119 Å². The average molecular weight is 283 g/mol. The van der Waals surface area contributed by atoms with Crippen molar-refractivity contribution >= 4 is 23.7 Å². The molecule has 2 rings (SSSR count). The van der Waals surface area contributed by atoms with Crippen LogP contribution in [0.3, 0.4) is 0 Å². The zero-order valence-electron chi connectivity index (χ0n) is 10.7. The van der Waals surface area contributed by atoms with Gasteiger partial charge < -0.3 is 5.73 Å². The van der Waals surface area contributed by atoms with Gasteiger partial charge in [0.1, 0.15) is 5.01 Å². The van der Waals surface area contributed by atoms with E-state index >= 15 is 0 Å². The van der Waals surface area contributed by atoms with Gasteiger partial charge in [-0.15, -0.1) is 23.7 Å². The van der Waals surface area contributed by atoms with Gasteiger partial charge in [-0.3, -0.25) is 0 Å². The van der Waals surface area contributed by atoms with Crippen LogP contribution in [0.5, 0.6) is 0 Å². The summed E-state index contributed by atoms with van der Waals surface area (Å²) in [6.45, 7) is 4.99. The first kappa shape index (κ1) is 15.2. The first-order chi connectivity index (χ1) is 8.24. The zero-order chi connectivity index (χ0) is 12.3. The van der Waals surface area contributed by atoms with Crippen molar-refractivity contribution < 1.29 is 0 Å². The highest BCUT2D eigenvalue weighted by Gasteiger charge is 2.09. The summed E-state index contributed by atoms with van der Waals surface area (Å²) in [6.07, 6.45) is 1.13. The number of thiazole rings is 1. The molecule has 1 aromatic carbocycles. The third kappa shape index (κ3) is 3.31. The third-order valence-corrected chi connectivity index (χ3v) is 3.96. The van der Waals surface area contributed by atoms with Crippen LogP contribution in [0.4, 0.5) is 0 Å². The minimum atomic E-state index is 0. The van der Waals surface area contributed by atoms with Crippen molar-refractivity contribution in [3.05, 3.63) is 40.9 Å². The second-order valence-corrected chi connectivity index (χ2v) is 5.15. The Balaban J connectivity index is 0.00000162. The summed E-state index contributed by atoms with van der Waals surface area (Å²) in [7, 11) is 0. The number of aromatic nitrogens is 1. The van der Waals surface area contributed by atoms with Crippen molar-refractivity contribution in [3.63, 3.8) is 0 Å². The summed E-state index contributed by atoms with van der Waals surface area (Å²) in [5, 5.41) is 3.26. The molecule has 2 aromatic rings. The van der Waals surface area contributed by atoms with E-state index in [1.54, 1.807) is 11.3 Å². The molecule has 18 heavy (non-hydrogen) atoms. The number of halogens is 1. The van der Waals surface area contributed by atoms with E-state index in [-0.39, 0.29) is 12.4 Å². The van der Waals surface area contributed by atoms with Crippen LogP contribution >= 0.6 is 23.7 Å². The lowest BCUT2D eigenvalue weighted by atomic mass is 10.1. The lowest BCUT2D eigenvalue weighted by Gasteiger charge is -2.03. The lowest BCUT2D eigenvalue weighted by Crippen LogP contribution is -1.96. The number of nitrogens with zero attached hydrogens (tertiary/aromatic N) is 1. The van der Waals surface area contributed by atoms with Gasteiger partial charge in [0.25, 0.3) is 0 Å². The molecule has 2 N–H and O–H groups in total. The number of rotatable bonds is 4. The lowest BCUT2D eigenvalue weighted by molar-refractivity contribution is 0.714. The minimum absolute atomic E-state index is 0. The highest BCUT2D eigenvalue weighted by Crippen LogP contribution is 2.28. The smallest absolute Gasteiger partial charge is 0.123 e. The third-order valence-electron chi connectivity index (χ3n) is 3.05. The van der Waals surface area contributed by atoms with Crippen LogP contribution in [-0.4, -0.2) is 4.98 Å². The molecule has 1 unspecified atom stereocenters. The van der Waals surface area contributed by atoms with Crippen LogP contribution in [0.25, 0.3) is 10.6 Å². The molecule has 98 valence electrons. The van der Waals surface area contributed by atoms with Gasteiger partial charge in [-0.2, -0.15) is 0 Å². The molecular weight excluding hydrogens is 264 g/mol. The molecule has 1 aromatic heterocycles. The molecule has 0 amide bonds. The Hall–Kier alpha value is -0.900. The molecule has 0 bridgehead atoms. The second kappa shape index (κ2) is 6.88. The average Bonchev–Trinajstić information content (AvgIpc) is 2.87. The van der Waals surface area contributed by atoms with Gasteiger partial charge in [0.15, 0.2) is 0 Å². The van der Waals surface area contributed by atoms with E-state index in [9.17, 15) is 0 Å². The molecule has 0 aliphatic heterocycles. The minimum Gasteiger partial charge on any atom is -0.326 e. The van der Waals surface area contributed by atoms with Gasteiger partial charge in [-0.1, -0.05) is 32.0 Å². The predicted octanol–water partition coefficient (Wildman–Crippen LogP) is 4.20. The summed E-state index contributed by atoms with van der Waals surface area (Å²) >= 11 is 1.71. The van der Waals surface area contributed by atoms with Crippen molar-refractivity contribution in [1.82, 2.24) is 4.98 Å². The largest absolute Gasteiger partial charge is 0.326 e. The summed E-state index contributed by atoms with van der Waals surface area (Å²) in [6, 6.07) is 8.31. The van der Waals surface area contributed by atoms with Gasteiger partial charge in [-0.25, -0.2) is 4.98 Å². The maximum absolute atomic E-state index is 5.65. The first-order valence-electron chi connectivity index (χ1n) is 5.99. The maximum atomic E-state index is 5.65. The quantitative estimate of drug-likeness (QED) is 0.912. The molecule has 1 heterocycles. The molecule has 0 saturated carbocycles. The van der Waals surface area contributed by atoms with E-state index in [1.807, 2.05) is 12.1 Å². The standard InChI is InChI=1S/C14H18N2S.ClH/c1-3-10(2)13-9-17-14(16-13)12-6-4-5-11(7-12)8-15;/h4-7,9-10H,3,8,15H2,1-2H3;1H. The Kier molecular flexibility index (Phi) is 5.79. The molecular formula is C14H19ClN2S. The Bertz CT molecular complexity index is 496. The van der Waals surface area contributed by atoms with E-state index in [0.717, 1.165) is 17.0 Å². The van der Waals surface area contributed by atoms with E-state index in [4.69, 9.17) is 10.7 Å². The summed E-state index contributed by atoms with van der Waals surface area (Å²) in [5.74, 6) is 0.540. The molecule has 0 aliphatic rings. The van der Waals surface area contributed by atoms with Crippen LogP contribution in [0, 0.1) is 0 Å². The van der Waals surface area contributed by atoms with E-state index in [1.165, 1.54) is 11.3 Å². The number of hydrogen-bond acceptors (Lipinski definition) is 3. The van der Waals surface area contributed by atoms with Gasteiger partial charge in [0.05, 0.1) is 5.69 Å². The van der Waals surface area contributed by atoms with Crippen LogP contribution in [0.15, 0.2) is 29.6 Å². The molecule has 0 radical (unpaired) electrons. The molecule has 1 atom stereocenters. The van der Waals surface area contributed by atoms with Crippen LogP contribution in [-0.2, 0) is 6.54 Å². The Morgan fingerprint density at radius 2 is 2.17 bits per heavy atom. The normalized spacial score (nSPS) is 11.9. The molecule has 0 aliphatic carbocycles. The molecule has 0 saturated heterocycles. The van der Waals surface area contributed by atoms with E-state index in [2.05, 4.69) is 31.4 Å². The highest BCUT2D eigenvalue weighted by atomic mass is 35.5. The van der Waals surface area contributed by atoms with Gasteiger partial charge in [0, 0.05) is 17.5 Å². The Morgan fingerprint density at radius 3 is 2.83 bits per heavy atom. The fraction of sp³-hybridized carbons (Fsp3) is 0.357. The SMILES string of the molecule is CCC(C)c1csc(-c2cccc(CN)c2)n1.Cl. The van der Waals surface area contributed by atoms with Gasteiger partial charge >= 0.3 is 0 Å². The second-order valence-electron chi connectivity index (χ2n) is 4.29. The van der Waals surface area contributed by atoms with Crippen molar-refractivity contribution in [2.24, 2.45) is 5.73 Å². The summed E-state index contributed by atoms with van der Waals surface area (Å²) < 4.78 is 0. The van der Waals surface area contributed by atoms with Crippen molar-refractivity contribution in [2.45, 2.75) is 32.7 Å². The molecule has 0 fully saturated rings. The van der Waals surface area contributed by atoms with Crippen LogP contribution in [0.1, 0.15) is 37.4 Å². The number of nitrogens with two attached hydrogens (primary N) is 1. The summed E-state index contributed by atoms with van der Waals surface area (Å²) in [4.78, 5) is 4.70. The number of hydrogen-bond donors (Lipinski definition) is 1.